The summed E-state index contributed by atoms with van der Waals surface area (Å²) in [5.74, 6) is -1.76. The third-order valence-corrected chi connectivity index (χ3v) is 6.73. The van der Waals surface area contributed by atoms with Crippen LogP contribution in [0.3, 0.4) is 0 Å². The zero-order chi connectivity index (χ0) is 24.5. The largest absolute Gasteiger partial charge is 0.481 e. The average molecular weight is 491 g/mol. The first-order valence-electron chi connectivity index (χ1n) is 11.3. The maximum Gasteiger partial charge on any atom is 0.411 e. The normalized spacial score (nSPS) is 17.7. The van der Waals surface area contributed by atoms with Gasteiger partial charge in [-0.25, -0.2) is 4.79 Å². The first-order valence-corrected chi connectivity index (χ1v) is 11.7. The third kappa shape index (κ3) is 4.86. The Kier molecular flexibility index (Phi) is 6.17. The molecule has 5 rings (SSSR count). The van der Waals surface area contributed by atoms with E-state index in [0.29, 0.717) is 12.1 Å². The smallest absolute Gasteiger partial charge is 0.411 e. The molecule has 2 atom stereocenters. The first-order chi connectivity index (χ1) is 16.9. The molecule has 35 heavy (non-hydrogen) atoms. The van der Waals surface area contributed by atoms with Crippen molar-refractivity contribution in [3.05, 3.63) is 88.4 Å². The summed E-state index contributed by atoms with van der Waals surface area (Å²) >= 11 is 6.16. The Balaban J connectivity index is 1.21. The fourth-order valence-electron chi connectivity index (χ4n) is 4.65. The van der Waals surface area contributed by atoms with Crippen molar-refractivity contribution in [1.82, 2.24) is 5.32 Å². The molecule has 0 bridgehead atoms. The lowest BCUT2D eigenvalue weighted by Gasteiger charge is -2.15. The molecule has 1 saturated carbocycles. The summed E-state index contributed by atoms with van der Waals surface area (Å²) in [5.41, 5.74) is 5.11. The number of rotatable bonds is 7. The number of fused-ring (bicyclic) bond motifs is 3. The SMILES string of the molecule is O=C(Nc1cc(Cl)cc(C(=O)NC[C@H]2C[C@H]2C(=O)O)c1)OCC1c2ccccc2-c2ccccc21. The van der Waals surface area contributed by atoms with E-state index < -0.39 is 18.0 Å². The Morgan fingerprint density at radius 1 is 0.971 bits per heavy atom. The van der Waals surface area contributed by atoms with Crippen LogP contribution in [0, 0.1) is 11.8 Å². The summed E-state index contributed by atoms with van der Waals surface area (Å²) in [6, 6.07) is 20.7. The van der Waals surface area contributed by atoms with Crippen molar-refractivity contribution in [2.45, 2.75) is 12.3 Å². The average Bonchev–Trinajstić information content (AvgIpc) is 3.56. The lowest BCUT2D eigenvalue weighted by molar-refractivity contribution is -0.138. The number of carboxylic acid groups (broad SMARTS) is 1. The van der Waals surface area contributed by atoms with Crippen molar-refractivity contribution in [3.8, 4) is 11.1 Å². The minimum Gasteiger partial charge on any atom is -0.481 e. The van der Waals surface area contributed by atoms with E-state index in [1.807, 2.05) is 36.4 Å². The quantitative estimate of drug-likeness (QED) is 0.424. The molecule has 0 radical (unpaired) electrons. The first kappa shape index (κ1) is 22.9. The van der Waals surface area contributed by atoms with Crippen molar-refractivity contribution < 1.29 is 24.2 Å². The Bertz CT molecular complexity index is 1280. The molecule has 3 aromatic carbocycles. The highest BCUT2D eigenvalue weighted by molar-refractivity contribution is 6.31. The van der Waals surface area contributed by atoms with Crippen LogP contribution >= 0.6 is 11.6 Å². The Labute approximate surface area is 207 Å². The summed E-state index contributed by atoms with van der Waals surface area (Å²) in [4.78, 5) is 36.0. The van der Waals surface area contributed by atoms with Crippen molar-refractivity contribution in [2.24, 2.45) is 11.8 Å². The van der Waals surface area contributed by atoms with Crippen LogP contribution in [0.4, 0.5) is 10.5 Å². The van der Waals surface area contributed by atoms with Crippen LogP contribution in [0.15, 0.2) is 66.7 Å². The fourth-order valence-corrected chi connectivity index (χ4v) is 4.88. The molecule has 7 nitrogen and oxygen atoms in total. The number of nitrogens with one attached hydrogen (secondary N) is 2. The highest BCUT2D eigenvalue weighted by atomic mass is 35.5. The summed E-state index contributed by atoms with van der Waals surface area (Å²) < 4.78 is 5.56. The van der Waals surface area contributed by atoms with E-state index in [2.05, 4.69) is 22.8 Å². The van der Waals surface area contributed by atoms with E-state index in [1.54, 1.807) is 0 Å². The lowest BCUT2D eigenvalue weighted by atomic mass is 9.98. The molecule has 0 heterocycles. The molecule has 178 valence electrons. The molecule has 8 heteroatoms. The van der Waals surface area contributed by atoms with Crippen molar-refractivity contribution in [3.63, 3.8) is 0 Å². The fraction of sp³-hybridized carbons (Fsp3) is 0.222. The van der Waals surface area contributed by atoms with Crippen LogP contribution in [0.2, 0.25) is 5.02 Å². The van der Waals surface area contributed by atoms with Crippen molar-refractivity contribution >= 4 is 35.3 Å². The predicted octanol–water partition coefficient (Wildman–Crippen LogP) is 5.15. The molecule has 0 aromatic heterocycles. The molecule has 2 aliphatic rings. The van der Waals surface area contributed by atoms with Gasteiger partial charge in [-0.15, -0.1) is 0 Å². The van der Waals surface area contributed by atoms with Gasteiger partial charge in [0.2, 0.25) is 0 Å². The van der Waals surface area contributed by atoms with Crippen LogP contribution in [0.5, 0.6) is 0 Å². The number of hydrogen-bond donors (Lipinski definition) is 3. The van der Waals surface area contributed by atoms with E-state index in [0.717, 1.165) is 22.3 Å². The second-order valence-corrected chi connectivity index (χ2v) is 9.27. The molecule has 0 unspecified atom stereocenters. The molecule has 3 N–H and O–H groups in total. The van der Waals surface area contributed by atoms with Gasteiger partial charge in [-0.1, -0.05) is 60.1 Å². The molecular weight excluding hydrogens is 468 g/mol. The van der Waals surface area contributed by atoms with Gasteiger partial charge in [0, 0.05) is 28.7 Å². The number of benzene rings is 3. The minimum atomic E-state index is -0.846. The number of hydrogen-bond acceptors (Lipinski definition) is 4. The van der Waals surface area contributed by atoms with E-state index in [-0.39, 0.29) is 41.5 Å². The molecule has 2 aliphatic carbocycles. The van der Waals surface area contributed by atoms with Crippen LogP contribution in [0.25, 0.3) is 11.1 Å². The number of anilines is 1. The number of amides is 2. The van der Waals surface area contributed by atoms with Gasteiger partial charge in [0.25, 0.3) is 5.91 Å². The summed E-state index contributed by atoms with van der Waals surface area (Å²) in [6.07, 6.45) is -0.0949. The van der Waals surface area contributed by atoms with Crippen LogP contribution in [-0.2, 0) is 9.53 Å². The van der Waals surface area contributed by atoms with Crippen LogP contribution in [0.1, 0.15) is 33.8 Å². The van der Waals surface area contributed by atoms with Gasteiger partial charge in [-0.2, -0.15) is 0 Å². The lowest BCUT2D eigenvalue weighted by Crippen LogP contribution is -2.26. The zero-order valence-corrected chi connectivity index (χ0v) is 19.4. The van der Waals surface area contributed by atoms with Crippen molar-refractivity contribution in [2.75, 3.05) is 18.5 Å². The summed E-state index contributed by atoms with van der Waals surface area (Å²) in [5, 5.41) is 14.6. The van der Waals surface area contributed by atoms with E-state index in [4.69, 9.17) is 21.4 Å². The zero-order valence-electron chi connectivity index (χ0n) is 18.7. The molecular formula is C27H23ClN2O5. The molecule has 0 saturated heterocycles. The predicted molar refractivity (Wildman–Crippen MR) is 132 cm³/mol. The van der Waals surface area contributed by atoms with Gasteiger partial charge in [-0.05, 0) is 52.8 Å². The van der Waals surface area contributed by atoms with Crippen LogP contribution < -0.4 is 10.6 Å². The van der Waals surface area contributed by atoms with Gasteiger partial charge < -0.3 is 15.2 Å². The highest BCUT2D eigenvalue weighted by Gasteiger charge is 2.43. The molecule has 3 aromatic rings. The highest BCUT2D eigenvalue weighted by Crippen LogP contribution is 2.44. The monoisotopic (exact) mass is 490 g/mol. The Morgan fingerprint density at radius 3 is 2.26 bits per heavy atom. The van der Waals surface area contributed by atoms with Gasteiger partial charge in [0.05, 0.1) is 5.92 Å². The molecule has 2 amide bonds. The van der Waals surface area contributed by atoms with Gasteiger partial charge in [-0.3, -0.25) is 14.9 Å². The topological polar surface area (TPSA) is 105 Å². The maximum atomic E-state index is 12.6. The second kappa shape index (κ2) is 9.43. The number of carboxylic acids is 1. The second-order valence-electron chi connectivity index (χ2n) is 8.83. The summed E-state index contributed by atoms with van der Waals surface area (Å²) in [7, 11) is 0. The van der Waals surface area contributed by atoms with E-state index in [9.17, 15) is 14.4 Å². The Morgan fingerprint density at radius 2 is 1.63 bits per heavy atom. The van der Waals surface area contributed by atoms with Crippen molar-refractivity contribution in [1.29, 1.82) is 0 Å². The molecule has 0 spiro atoms. The number of carbonyl (C=O) groups excluding carboxylic acids is 2. The van der Waals surface area contributed by atoms with Gasteiger partial charge in [0.15, 0.2) is 0 Å². The van der Waals surface area contributed by atoms with E-state index >= 15 is 0 Å². The molecule has 0 aliphatic heterocycles. The minimum absolute atomic E-state index is 0.0611. The number of halogens is 1. The number of aliphatic carboxylic acids is 1. The number of ether oxygens (including phenoxy) is 1. The maximum absolute atomic E-state index is 12.6. The summed E-state index contributed by atoms with van der Waals surface area (Å²) in [6.45, 7) is 0.442. The van der Waals surface area contributed by atoms with Gasteiger partial charge >= 0.3 is 12.1 Å². The molecule has 1 fully saturated rings. The standard InChI is InChI=1S/C27H23ClN2O5/c28-17-9-15(25(31)29-13-16-11-23(16)26(32)33)10-18(12-17)30-27(34)35-14-24-21-7-3-1-5-19(21)20-6-2-4-8-22(20)24/h1-10,12,16,23-24H,11,13-14H2,(H,29,31)(H,30,34)(H,32,33)/t16-,23-/m1/s1. The van der Waals surface area contributed by atoms with Crippen LogP contribution in [-0.4, -0.2) is 36.2 Å². The van der Waals surface area contributed by atoms with E-state index in [1.165, 1.54) is 18.2 Å². The third-order valence-electron chi connectivity index (χ3n) is 6.51. The number of carbonyl (C=O) groups is 3. The van der Waals surface area contributed by atoms with Gasteiger partial charge in [0.1, 0.15) is 6.61 Å². The Hall–Kier alpha value is -3.84.